The fraction of sp³-hybridized carbons (Fsp3) is 0.357. The minimum Gasteiger partial charge on any atom is -0.322 e. The fourth-order valence-corrected chi connectivity index (χ4v) is 5.86. The summed E-state index contributed by atoms with van der Waals surface area (Å²) >= 11 is 0. The Balaban J connectivity index is 1.15. The second kappa shape index (κ2) is 9.09. The largest absolute Gasteiger partial charge is 0.322 e. The van der Waals surface area contributed by atoms with Gasteiger partial charge in [0.2, 0.25) is 11.8 Å². The average molecular weight is 487 g/mol. The summed E-state index contributed by atoms with van der Waals surface area (Å²) in [6, 6.07) is 12.7. The van der Waals surface area contributed by atoms with Crippen molar-refractivity contribution in [1.82, 2.24) is 20.1 Å². The first-order chi connectivity index (χ1) is 17.5. The van der Waals surface area contributed by atoms with E-state index in [-0.39, 0.29) is 36.5 Å². The maximum atomic E-state index is 15.2. The van der Waals surface area contributed by atoms with Crippen LogP contribution in [0.15, 0.2) is 48.7 Å². The van der Waals surface area contributed by atoms with Gasteiger partial charge in [-0.1, -0.05) is 24.3 Å². The number of likely N-dealkylation sites (tertiary alicyclic amines) is 1. The van der Waals surface area contributed by atoms with Crippen LogP contribution < -0.4 is 5.32 Å². The van der Waals surface area contributed by atoms with E-state index in [2.05, 4.69) is 27.3 Å². The van der Waals surface area contributed by atoms with Gasteiger partial charge < -0.3 is 4.90 Å². The fourth-order valence-electron chi connectivity index (χ4n) is 5.86. The zero-order valence-electron chi connectivity index (χ0n) is 19.9. The number of hydrogen-bond donors (Lipinski definition) is 1. The summed E-state index contributed by atoms with van der Waals surface area (Å²) in [7, 11) is 0. The van der Waals surface area contributed by atoms with Crippen LogP contribution in [0.3, 0.4) is 0 Å². The molecule has 36 heavy (non-hydrogen) atoms. The van der Waals surface area contributed by atoms with Crippen LogP contribution in [0.5, 0.6) is 0 Å². The van der Waals surface area contributed by atoms with Crippen molar-refractivity contribution in [2.75, 3.05) is 13.1 Å². The highest BCUT2D eigenvalue weighted by molar-refractivity contribution is 6.05. The van der Waals surface area contributed by atoms with Crippen molar-refractivity contribution < 1.29 is 18.8 Å². The summed E-state index contributed by atoms with van der Waals surface area (Å²) in [5, 5.41) is 3.47. The summed E-state index contributed by atoms with van der Waals surface area (Å²) in [6.07, 6.45) is 4.02. The third-order valence-corrected chi connectivity index (χ3v) is 7.80. The molecule has 0 saturated carbocycles. The molecule has 0 aliphatic carbocycles. The lowest BCUT2D eigenvalue weighted by Crippen LogP contribution is -2.52. The van der Waals surface area contributed by atoms with Gasteiger partial charge in [0, 0.05) is 36.7 Å². The molecule has 184 valence electrons. The quantitative estimate of drug-likeness (QED) is 0.571. The summed E-state index contributed by atoms with van der Waals surface area (Å²) in [6.45, 7) is 2.82. The molecule has 0 spiro atoms. The highest BCUT2D eigenvalue weighted by atomic mass is 19.1. The maximum absolute atomic E-state index is 15.2. The lowest BCUT2D eigenvalue weighted by molar-refractivity contribution is -0.136. The van der Waals surface area contributed by atoms with Crippen molar-refractivity contribution in [2.24, 2.45) is 0 Å². The number of piperidine rings is 2. The van der Waals surface area contributed by atoms with E-state index in [1.165, 1.54) is 16.5 Å². The number of benzene rings is 2. The molecule has 2 aromatic carbocycles. The lowest BCUT2D eigenvalue weighted by Gasteiger charge is -2.32. The van der Waals surface area contributed by atoms with Gasteiger partial charge in [-0.3, -0.25) is 29.6 Å². The number of imide groups is 1. The van der Waals surface area contributed by atoms with Crippen molar-refractivity contribution in [3.05, 3.63) is 76.7 Å². The van der Waals surface area contributed by atoms with Gasteiger partial charge >= 0.3 is 0 Å². The second-order valence-corrected chi connectivity index (χ2v) is 9.97. The molecule has 1 aromatic heterocycles. The topological polar surface area (TPSA) is 82.6 Å². The number of fused-ring (bicyclic) bond motifs is 2. The first-order valence-corrected chi connectivity index (χ1v) is 12.5. The molecule has 2 fully saturated rings. The Hall–Kier alpha value is -3.65. The van der Waals surface area contributed by atoms with Crippen LogP contribution in [0.1, 0.15) is 58.6 Å². The Morgan fingerprint density at radius 1 is 1.03 bits per heavy atom. The number of aromatic nitrogens is 1. The predicted molar refractivity (Wildman–Crippen MR) is 131 cm³/mol. The van der Waals surface area contributed by atoms with Gasteiger partial charge in [0.25, 0.3) is 5.91 Å². The summed E-state index contributed by atoms with van der Waals surface area (Å²) in [5.41, 5.74) is 3.97. The van der Waals surface area contributed by atoms with Gasteiger partial charge in [-0.2, -0.15) is 0 Å². The number of halogens is 1. The molecule has 1 unspecified atom stereocenters. The highest BCUT2D eigenvalue weighted by Crippen LogP contribution is 2.36. The Morgan fingerprint density at radius 3 is 2.64 bits per heavy atom. The van der Waals surface area contributed by atoms with E-state index in [9.17, 15) is 14.4 Å². The van der Waals surface area contributed by atoms with Crippen LogP contribution in [0.2, 0.25) is 0 Å². The molecule has 2 saturated heterocycles. The zero-order chi connectivity index (χ0) is 24.8. The number of nitrogens with zero attached hydrogens (tertiary/aromatic N) is 3. The van der Waals surface area contributed by atoms with Crippen LogP contribution in [0.4, 0.5) is 4.39 Å². The van der Waals surface area contributed by atoms with E-state index >= 15 is 4.39 Å². The monoisotopic (exact) mass is 486 g/mol. The third kappa shape index (κ3) is 4.05. The van der Waals surface area contributed by atoms with Gasteiger partial charge in [0.05, 0.1) is 5.52 Å². The number of amides is 3. The molecular weight excluding hydrogens is 459 g/mol. The highest BCUT2D eigenvalue weighted by Gasteiger charge is 2.40. The number of rotatable bonds is 4. The van der Waals surface area contributed by atoms with Gasteiger partial charge in [-0.15, -0.1) is 0 Å². The van der Waals surface area contributed by atoms with E-state index in [1.54, 1.807) is 0 Å². The van der Waals surface area contributed by atoms with E-state index < -0.39 is 11.9 Å². The first kappa shape index (κ1) is 22.8. The van der Waals surface area contributed by atoms with Crippen LogP contribution in [0, 0.1) is 5.82 Å². The smallest absolute Gasteiger partial charge is 0.255 e. The summed E-state index contributed by atoms with van der Waals surface area (Å²) in [4.78, 5) is 45.1. The normalized spacial score (nSPS) is 21.2. The molecule has 0 radical (unpaired) electrons. The molecule has 1 N–H and O–H groups in total. The number of pyridine rings is 1. The minimum absolute atomic E-state index is 0.0838. The lowest BCUT2D eigenvalue weighted by atomic mass is 9.87. The van der Waals surface area contributed by atoms with E-state index in [4.69, 9.17) is 0 Å². The molecule has 8 heteroatoms. The minimum atomic E-state index is -0.693. The number of hydrogen-bond acceptors (Lipinski definition) is 5. The number of nitrogens with one attached hydrogen (secondary N) is 1. The van der Waals surface area contributed by atoms with Crippen molar-refractivity contribution in [3.8, 4) is 0 Å². The van der Waals surface area contributed by atoms with Crippen LogP contribution in [0.25, 0.3) is 10.9 Å². The van der Waals surface area contributed by atoms with Crippen molar-refractivity contribution in [1.29, 1.82) is 0 Å². The Morgan fingerprint density at radius 2 is 1.83 bits per heavy atom. The Labute approximate surface area is 208 Å². The van der Waals surface area contributed by atoms with Gasteiger partial charge in [0.1, 0.15) is 11.9 Å². The van der Waals surface area contributed by atoms with Crippen LogP contribution in [-0.2, 0) is 22.7 Å². The molecule has 7 nitrogen and oxygen atoms in total. The molecule has 4 heterocycles. The standard InChI is InChI=1S/C28H27FN4O3/c29-23-14-22-19(16-33(28(22)36)25-5-6-26(34)31-27(25)35)13-21(23)17-8-11-32(12-9-17)15-18-7-10-30-24-4-2-1-3-20(18)24/h1-4,7,10,13-14,17,25H,5-6,8-9,11-12,15-16H2,(H,31,34,35). The number of carbonyl (C=O) groups is 3. The molecule has 3 aliphatic heterocycles. The number of para-hydroxylation sites is 1. The van der Waals surface area contributed by atoms with Crippen LogP contribution in [-0.4, -0.2) is 51.6 Å². The van der Waals surface area contributed by atoms with Crippen molar-refractivity contribution >= 4 is 28.6 Å². The Kier molecular flexibility index (Phi) is 5.76. The molecule has 3 amide bonds. The predicted octanol–water partition coefficient (Wildman–Crippen LogP) is 3.51. The molecule has 1 atom stereocenters. The van der Waals surface area contributed by atoms with E-state index in [0.29, 0.717) is 17.5 Å². The van der Waals surface area contributed by atoms with Gasteiger partial charge in [-0.05, 0) is 73.2 Å². The average Bonchev–Trinajstić information content (AvgIpc) is 3.19. The SMILES string of the molecule is O=C1CCC(N2Cc3cc(C4CCN(Cc5ccnc6ccccc56)CC4)c(F)cc3C2=O)C(=O)N1. The first-order valence-electron chi connectivity index (χ1n) is 12.5. The maximum Gasteiger partial charge on any atom is 0.255 e. The molecule has 3 aromatic rings. The molecule has 3 aliphatic rings. The van der Waals surface area contributed by atoms with Crippen LogP contribution >= 0.6 is 0 Å². The number of carbonyl (C=O) groups excluding carboxylic acids is 3. The summed E-state index contributed by atoms with van der Waals surface area (Å²) in [5.74, 6) is -1.39. The van der Waals surface area contributed by atoms with E-state index in [0.717, 1.165) is 48.9 Å². The molecule has 0 bridgehead atoms. The van der Waals surface area contributed by atoms with Gasteiger partial charge in [-0.25, -0.2) is 4.39 Å². The van der Waals surface area contributed by atoms with Crippen molar-refractivity contribution in [3.63, 3.8) is 0 Å². The molecule has 6 rings (SSSR count). The third-order valence-electron chi connectivity index (χ3n) is 7.80. The second-order valence-electron chi connectivity index (χ2n) is 9.97. The van der Waals surface area contributed by atoms with Gasteiger partial charge in [0.15, 0.2) is 0 Å². The van der Waals surface area contributed by atoms with E-state index in [1.807, 2.05) is 30.5 Å². The zero-order valence-corrected chi connectivity index (χ0v) is 19.9. The Bertz CT molecular complexity index is 1380. The van der Waals surface area contributed by atoms with Crippen molar-refractivity contribution in [2.45, 2.75) is 50.7 Å². The molecular formula is C28H27FN4O3. The summed E-state index contributed by atoms with van der Waals surface area (Å²) < 4.78 is 15.2.